The van der Waals surface area contributed by atoms with Crippen molar-refractivity contribution >= 4 is 5.97 Å². The Morgan fingerprint density at radius 1 is 1.59 bits per heavy atom. The minimum absolute atomic E-state index is 0.0763. The highest BCUT2D eigenvalue weighted by molar-refractivity contribution is 5.78. The summed E-state index contributed by atoms with van der Waals surface area (Å²) in [5.74, 6) is -0.796. The van der Waals surface area contributed by atoms with Gasteiger partial charge in [-0.15, -0.1) is 0 Å². The van der Waals surface area contributed by atoms with Gasteiger partial charge in [-0.25, -0.2) is 0 Å². The molecule has 0 bridgehead atoms. The predicted molar refractivity (Wildman–Crippen MR) is 64.1 cm³/mol. The van der Waals surface area contributed by atoms with E-state index in [1.54, 1.807) is 14.0 Å². The SMILES string of the molecule is COCCC(C)(C(=O)O)N1CC(C)OCC1C. The smallest absolute Gasteiger partial charge is 0.323 e. The molecule has 0 aliphatic carbocycles. The van der Waals surface area contributed by atoms with Gasteiger partial charge in [0.2, 0.25) is 0 Å². The second kappa shape index (κ2) is 5.80. The first-order valence-electron chi connectivity index (χ1n) is 6.02. The molecule has 0 aromatic rings. The van der Waals surface area contributed by atoms with E-state index in [1.807, 2.05) is 18.7 Å². The van der Waals surface area contributed by atoms with Gasteiger partial charge < -0.3 is 14.6 Å². The first-order chi connectivity index (χ1) is 7.91. The van der Waals surface area contributed by atoms with E-state index in [1.165, 1.54) is 0 Å². The fourth-order valence-corrected chi connectivity index (χ4v) is 2.27. The van der Waals surface area contributed by atoms with Gasteiger partial charge in [-0.1, -0.05) is 0 Å². The average Bonchev–Trinajstić information content (AvgIpc) is 2.29. The molecule has 1 heterocycles. The number of carbonyl (C=O) groups is 1. The second-order valence-electron chi connectivity index (χ2n) is 4.97. The largest absolute Gasteiger partial charge is 0.480 e. The maximum atomic E-state index is 11.5. The molecule has 100 valence electrons. The van der Waals surface area contributed by atoms with Crippen LogP contribution in [0.2, 0.25) is 0 Å². The number of rotatable bonds is 5. The Labute approximate surface area is 103 Å². The highest BCUT2D eigenvalue weighted by Crippen LogP contribution is 2.26. The molecule has 1 aliphatic rings. The van der Waals surface area contributed by atoms with Crippen molar-refractivity contribution in [3.63, 3.8) is 0 Å². The van der Waals surface area contributed by atoms with Gasteiger partial charge in [0.1, 0.15) is 5.54 Å². The highest BCUT2D eigenvalue weighted by atomic mass is 16.5. The van der Waals surface area contributed by atoms with Gasteiger partial charge in [-0.2, -0.15) is 0 Å². The van der Waals surface area contributed by atoms with Crippen LogP contribution < -0.4 is 0 Å². The van der Waals surface area contributed by atoms with Crippen LogP contribution in [0.25, 0.3) is 0 Å². The third-order valence-corrected chi connectivity index (χ3v) is 3.50. The van der Waals surface area contributed by atoms with Crippen LogP contribution in [0, 0.1) is 0 Å². The summed E-state index contributed by atoms with van der Waals surface area (Å²) < 4.78 is 10.6. The third kappa shape index (κ3) is 3.18. The van der Waals surface area contributed by atoms with E-state index in [0.717, 1.165) is 0 Å². The fourth-order valence-electron chi connectivity index (χ4n) is 2.27. The van der Waals surface area contributed by atoms with E-state index in [4.69, 9.17) is 9.47 Å². The van der Waals surface area contributed by atoms with E-state index in [-0.39, 0.29) is 12.1 Å². The number of methoxy groups -OCH3 is 1. The zero-order valence-corrected chi connectivity index (χ0v) is 11.1. The van der Waals surface area contributed by atoms with Crippen LogP contribution in [-0.4, -0.2) is 60.5 Å². The molecule has 1 N–H and O–H groups in total. The summed E-state index contributed by atoms with van der Waals surface area (Å²) in [6.07, 6.45) is 0.558. The summed E-state index contributed by atoms with van der Waals surface area (Å²) in [5, 5.41) is 9.48. The van der Waals surface area contributed by atoms with Gasteiger partial charge in [0, 0.05) is 26.3 Å². The van der Waals surface area contributed by atoms with Gasteiger partial charge in [0.25, 0.3) is 0 Å². The Hall–Kier alpha value is -0.650. The van der Waals surface area contributed by atoms with Crippen LogP contribution in [0.15, 0.2) is 0 Å². The molecule has 0 amide bonds. The fraction of sp³-hybridized carbons (Fsp3) is 0.917. The highest BCUT2D eigenvalue weighted by Gasteiger charge is 2.43. The predicted octanol–water partition coefficient (Wildman–Crippen LogP) is 0.975. The molecule has 5 nitrogen and oxygen atoms in total. The van der Waals surface area contributed by atoms with Crippen LogP contribution in [0.3, 0.4) is 0 Å². The van der Waals surface area contributed by atoms with Crippen LogP contribution in [0.1, 0.15) is 27.2 Å². The van der Waals surface area contributed by atoms with Gasteiger partial charge in [0.15, 0.2) is 0 Å². The van der Waals surface area contributed by atoms with Gasteiger partial charge in [-0.3, -0.25) is 9.69 Å². The molecule has 0 aromatic heterocycles. The van der Waals surface area contributed by atoms with Crippen LogP contribution in [0.5, 0.6) is 0 Å². The molecule has 1 saturated heterocycles. The third-order valence-electron chi connectivity index (χ3n) is 3.50. The minimum atomic E-state index is -0.881. The van der Waals surface area contributed by atoms with Crippen molar-refractivity contribution in [2.45, 2.75) is 44.9 Å². The van der Waals surface area contributed by atoms with Crippen molar-refractivity contribution in [1.82, 2.24) is 4.90 Å². The molecule has 1 fully saturated rings. The Morgan fingerprint density at radius 3 is 2.76 bits per heavy atom. The van der Waals surface area contributed by atoms with E-state index >= 15 is 0 Å². The molecule has 0 saturated carbocycles. The van der Waals surface area contributed by atoms with E-state index < -0.39 is 11.5 Å². The lowest BCUT2D eigenvalue weighted by Crippen LogP contribution is -2.61. The molecule has 0 radical (unpaired) electrons. The lowest BCUT2D eigenvalue weighted by molar-refractivity contribution is -0.162. The maximum absolute atomic E-state index is 11.5. The molecule has 17 heavy (non-hydrogen) atoms. The number of carboxylic acid groups (broad SMARTS) is 1. The quantitative estimate of drug-likeness (QED) is 0.782. The van der Waals surface area contributed by atoms with Crippen molar-refractivity contribution in [1.29, 1.82) is 0 Å². The number of morpholine rings is 1. The van der Waals surface area contributed by atoms with Crippen LogP contribution >= 0.6 is 0 Å². The van der Waals surface area contributed by atoms with Crippen LogP contribution in [-0.2, 0) is 14.3 Å². The van der Waals surface area contributed by atoms with Crippen molar-refractivity contribution < 1.29 is 19.4 Å². The molecule has 3 atom stereocenters. The molecular formula is C12H23NO4. The lowest BCUT2D eigenvalue weighted by atomic mass is 9.93. The number of hydrogen-bond acceptors (Lipinski definition) is 4. The summed E-state index contributed by atoms with van der Waals surface area (Å²) in [6, 6.07) is 0.115. The normalized spacial score (nSPS) is 29.9. The number of aliphatic carboxylic acids is 1. The molecule has 0 spiro atoms. The maximum Gasteiger partial charge on any atom is 0.323 e. The van der Waals surface area contributed by atoms with Gasteiger partial charge in [0.05, 0.1) is 12.7 Å². The molecular weight excluding hydrogens is 222 g/mol. The number of ether oxygens (including phenoxy) is 2. The molecule has 3 unspecified atom stereocenters. The van der Waals surface area contributed by atoms with E-state index in [0.29, 0.717) is 26.2 Å². The number of hydrogen-bond donors (Lipinski definition) is 1. The molecule has 5 heteroatoms. The van der Waals surface area contributed by atoms with Crippen LogP contribution in [0.4, 0.5) is 0 Å². The Balaban J connectivity index is 2.84. The van der Waals surface area contributed by atoms with Gasteiger partial charge in [-0.05, 0) is 27.2 Å². The zero-order valence-electron chi connectivity index (χ0n) is 11.1. The Bertz CT molecular complexity index is 271. The topological polar surface area (TPSA) is 59.0 Å². The summed E-state index contributed by atoms with van der Waals surface area (Å²) >= 11 is 0. The lowest BCUT2D eigenvalue weighted by Gasteiger charge is -2.46. The second-order valence-corrected chi connectivity index (χ2v) is 4.97. The summed E-state index contributed by atoms with van der Waals surface area (Å²) in [6.45, 7) is 7.41. The van der Waals surface area contributed by atoms with Crippen molar-refractivity contribution in [2.75, 3.05) is 26.9 Å². The Morgan fingerprint density at radius 2 is 2.24 bits per heavy atom. The minimum Gasteiger partial charge on any atom is -0.480 e. The average molecular weight is 245 g/mol. The molecule has 0 aromatic carbocycles. The Kier molecular flexibility index (Phi) is 4.91. The van der Waals surface area contributed by atoms with Crippen molar-refractivity contribution in [3.8, 4) is 0 Å². The molecule has 1 aliphatic heterocycles. The zero-order chi connectivity index (χ0) is 13.1. The number of carboxylic acids is 1. The summed E-state index contributed by atoms with van der Waals surface area (Å²) in [7, 11) is 1.59. The van der Waals surface area contributed by atoms with Crippen molar-refractivity contribution in [3.05, 3.63) is 0 Å². The van der Waals surface area contributed by atoms with Crippen molar-refractivity contribution in [2.24, 2.45) is 0 Å². The van der Waals surface area contributed by atoms with E-state index in [9.17, 15) is 9.90 Å². The summed E-state index contributed by atoms with van der Waals surface area (Å²) in [5.41, 5.74) is -0.881. The molecule has 1 rings (SSSR count). The van der Waals surface area contributed by atoms with E-state index in [2.05, 4.69) is 0 Å². The van der Waals surface area contributed by atoms with Gasteiger partial charge >= 0.3 is 5.97 Å². The number of nitrogens with zero attached hydrogens (tertiary/aromatic N) is 1. The first-order valence-corrected chi connectivity index (χ1v) is 6.02. The first kappa shape index (κ1) is 14.4. The summed E-state index contributed by atoms with van der Waals surface area (Å²) in [4.78, 5) is 13.6. The monoisotopic (exact) mass is 245 g/mol. The standard InChI is InChI=1S/C12H23NO4/c1-9-8-17-10(2)7-13(9)12(3,11(14)15)5-6-16-4/h9-10H,5-8H2,1-4H3,(H,14,15).